The number of rotatable bonds is 0. The van der Waals surface area contributed by atoms with Crippen molar-refractivity contribution in [2.45, 2.75) is 20.8 Å². The molecule has 0 spiro atoms. The minimum Gasteiger partial charge on any atom is -0.333 e. The molecule has 1 aromatic carbocycles. The Kier molecular flexibility index (Phi) is 7.20. The van der Waals surface area contributed by atoms with Gasteiger partial charge >= 0.3 is 0 Å². The van der Waals surface area contributed by atoms with Crippen molar-refractivity contribution in [2.24, 2.45) is 5.73 Å². The van der Waals surface area contributed by atoms with E-state index < -0.39 is 0 Å². The van der Waals surface area contributed by atoms with Crippen molar-refractivity contribution in [1.82, 2.24) is 4.98 Å². The van der Waals surface area contributed by atoms with E-state index in [-0.39, 0.29) is 0 Å². The molecule has 0 saturated heterocycles. The summed E-state index contributed by atoms with van der Waals surface area (Å²) in [5.41, 5.74) is 5.80. The summed E-state index contributed by atoms with van der Waals surface area (Å²) in [6, 6.07) is 8.39. The Morgan fingerprint density at radius 1 is 1.00 bits per heavy atom. The Balaban J connectivity index is 0.000000442. The van der Waals surface area contributed by atoms with Crippen LogP contribution in [-0.4, -0.2) is 12.0 Å². The molecule has 2 heteroatoms. The van der Waals surface area contributed by atoms with Gasteiger partial charge in [0.25, 0.3) is 0 Å². The maximum absolute atomic E-state index is 4.50. The lowest BCUT2D eigenvalue weighted by Crippen LogP contribution is -1.75. The van der Waals surface area contributed by atoms with E-state index in [0.717, 1.165) is 0 Å². The number of hydrogen-bond donors (Lipinski definition) is 1. The van der Waals surface area contributed by atoms with Crippen LogP contribution < -0.4 is 5.73 Å². The van der Waals surface area contributed by atoms with E-state index in [1.165, 1.54) is 23.4 Å². The molecule has 0 aliphatic carbocycles. The fourth-order valence-corrected chi connectivity index (χ4v) is 1.20. The van der Waals surface area contributed by atoms with Gasteiger partial charge in [0.1, 0.15) is 0 Å². The average Bonchev–Trinajstić information content (AvgIpc) is 2.34. The van der Waals surface area contributed by atoms with E-state index >= 15 is 0 Å². The molecule has 1 aromatic heterocycles. The van der Waals surface area contributed by atoms with Crippen LogP contribution in [-0.2, 0) is 0 Å². The Morgan fingerprint density at radius 2 is 1.67 bits per heavy atom. The van der Waals surface area contributed by atoms with E-state index in [1.807, 2.05) is 32.3 Å². The molecule has 2 rings (SSSR count). The number of hydrogen-bond acceptors (Lipinski definition) is 2. The summed E-state index contributed by atoms with van der Waals surface area (Å²) in [6.07, 6.45) is 3.70. The molecular formula is C13H20N2. The van der Waals surface area contributed by atoms with Crippen molar-refractivity contribution in [3.63, 3.8) is 0 Å². The molecule has 0 aliphatic rings. The molecule has 0 amide bonds. The zero-order valence-electron chi connectivity index (χ0n) is 9.99. The summed E-state index contributed by atoms with van der Waals surface area (Å²) >= 11 is 0. The lowest BCUT2D eigenvalue weighted by molar-refractivity contribution is 1.36. The zero-order chi connectivity index (χ0) is 11.7. The van der Waals surface area contributed by atoms with Crippen molar-refractivity contribution < 1.29 is 0 Å². The Hall–Kier alpha value is -1.41. The molecule has 2 nitrogen and oxygen atoms in total. The van der Waals surface area contributed by atoms with Crippen molar-refractivity contribution >= 4 is 10.8 Å². The van der Waals surface area contributed by atoms with Crippen LogP contribution in [0.25, 0.3) is 10.8 Å². The van der Waals surface area contributed by atoms with Crippen LogP contribution in [0.2, 0.25) is 0 Å². The minimum atomic E-state index is 1.21. The lowest BCUT2D eigenvalue weighted by atomic mass is 10.1. The lowest BCUT2D eigenvalue weighted by Gasteiger charge is -1.96. The number of pyridine rings is 1. The highest BCUT2D eigenvalue weighted by atomic mass is 14.6. The maximum atomic E-state index is 4.50. The molecule has 1 heterocycles. The van der Waals surface area contributed by atoms with Gasteiger partial charge in [0.05, 0.1) is 0 Å². The van der Waals surface area contributed by atoms with Crippen molar-refractivity contribution in [2.75, 3.05) is 7.05 Å². The SMILES string of the molecule is CC.CN.Cc1ccc2cnccc2c1. The predicted octanol–water partition coefficient (Wildman–Crippen LogP) is 3.14. The van der Waals surface area contributed by atoms with E-state index in [2.05, 4.69) is 35.8 Å². The van der Waals surface area contributed by atoms with Crippen LogP contribution in [0.4, 0.5) is 0 Å². The third-order valence-electron chi connectivity index (χ3n) is 1.80. The van der Waals surface area contributed by atoms with Gasteiger partial charge in [0.2, 0.25) is 0 Å². The van der Waals surface area contributed by atoms with E-state index in [1.54, 1.807) is 0 Å². The predicted molar refractivity (Wildman–Crippen MR) is 67.9 cm³/mol. The van der Waals surface area contributed by atoms with Gasteiger partial charge in [0, 0.05) is 17.8 Å². The molecule has 0 fully saturated rings. The molecule has 0 bridgehead atoms. The summed E-state index contributed by atoms with van der Waals surface area (Å²) in [5.74, 6) is 0. The third kappa shape index (κ3) is 4.09. The maximum Gasteiger partial charge on any atom is 0.0346 e. The summed E-state index contributed by atoms with van der Waals surface area (Å²) in [6.45, 7) is 6.10. The van der Waals surface area contributed by atoms with Crippen LogP contribution in [0.1, 0.15) is 19.4 Å². The summed E-state index contributed by atoms with van der Waals surface area (Å²) in [4.78, 5) is 4.04. The number of aryl methyl sites for hydroxylation is 1. The monoisotopic (exact) mass is 204 g/mol. The molecule has 0 aliphatic heterocycles. The quantitative estimate of drug-likeness (QED) is 0.716. The average molecular weight is 204 g/mol. The van der Waals surface area contributed by atoms with Gasteiger partial charge in [-0.05, 0) is 25.4 Å². The van der Waals surface area contributed by atoms with E-state index in [9.17, 15) is 0 Å². The van der Waals surface area contributed by atoms with Crippen LogP contribution in [0.5, 0.6) is 0 Å². The molecule has 2 aromatic rings. The second-order valence-corrected chi connectivity index (χ2v) is 2.73. The fraction of sp³-hybridized carbons (Fsp3) is 0.308. The van der Waals surface area contributed by atoms with Crippen LogP contribution in [0.15, 0.2) is 36.7 Å². The minimum absolute atomic E-state index is 1.21. The number of fused-ring (bicyclic) bond motifs is 1. The largest absolute Gasteiger partial charge is 0.333 e. The summed E-state index contributed by atoms with van der Waals surface area (Å²) in [5, 5.41) is 2.47. The van der Waals surface area contributed by atoms with Crippen molar-refractivity contribution in [1.29, 1.82) is 0 Å². The van der Waals surface area contributed by atoms with E-state index in [4.69, 9.17) is 0 Å². The summed E-state index contributed by atoms with van der Waals surface area (Å²) in [7, 11) is 1.50. The van der Waals surface area contributed by atoms with Crippen LogP contribution >= 0.6 is 0 Å². The Labute approximate surface area is 92.1 Å². The Bertz CT molecular complexity index is 383. The molecule has 0 radical (unpaired) electrons. The smallest absolute Gasteiger partial charge is 0.0346 e. The molecular weight excluding hydrogens is 184 g/mol. The number of nitrogens with zero attached hydrogens (tertiary/aromatic N) is 1. The van der Waals surface area contributed by atoms with Gasteiger partial charge < -0.3 is 5.73 Å². The van der Waals surface area contributed by atoms with Gasteiger partial charge in [0.15, 0.2) is 0 Å². The van der Waals surface area contributed by atoms with Crippen LogP contribution in [0.3, 0.4) is 0 Å². The Morgan fingerprint density at radius 3 is 2.33 bits per heavy atom. The fourth-order valence-electron chi connectivity index (χ4n) is 1.20. The second-order valence-electron chi connectivity index (χ2n) is 2.73. The molecule has 0 saturated carbocycles. The highest BCUT2D eigenvalue weighted by Crippen LogP contribution is 2.12. The van der Waals surface area contributed by atoms with Crippen LogP contribution in [0, 0.1) is 6.92 Å². The van der Waals surface area contributed by atoms with Gasteiger partial charge in [-0.2, -0.15) is 0 Å². The zero-order valence-corrected chi connectivity index (χ0v) is 9.99. The highest BCUT2D eigenvalue weighted by molar-refractivity contribution is 5.81. The first-order chi connectivity index (χ1) is 7.36. The number of benzene rings is 1. The van der Waals surface area contributed by atoms with Crippen molar-refractivity contribution in [3.05, 3.63) is 42.2 Å². The second kappa shape index (κ2) is 7.94. The number of aromatic nitrogens is 1. The molecule has 82 valence electrons. The highest BCUT2D eigenvalue weighted by Gasteiger charge is 1.90. The van der Waals surface area contributed by atoms with Gasteiger partial charge in [-0.15, -0.1) is 0 Å². The topological polar surface area (TPSA) is 38.9 Å². The normalized spacial score (nSPS) is 8.33. The summed E-state index contributed by atoms with van der Waals surface area (Å²) < 4.78 is 0. The van der Waals surface area contributed by atoms with Gasteiger partial charge in [-0.3, -0.25) is 4.98 Å². The van der Waals surface area contributed by atoms with Crippen molar-refractivity contribution in [3.8, 4) is 0 Å². The third-order valence-corrected chi connectivity index (χ3v) is 1.80. The molecule has 0 unspecified atom stereocenters. The molecule has 0 atom stereocenters. The van der Waals surface area contributed by atoms with Gasteiger partial charge in [-0.25, -0.2) is 0 Å². The molecule has 15 heavy (non-hydrogen) atoms. The van der Waals surface area contributed by atoms with E-state index in [0.29, 0.717) is 0 Å². The number of nitrogens with two attached hydrogens (primary N) is 1. The first-order valence-corrected chi connectivity index (χ1v) is 5.24. The molecule has 2 N–H and O–H groups in total. The standard InChI is InChI=1S/C10H9N.C2H6.CH5N/c1-8-2-3-10-7-11-5-4-9(10)6-8;2*1-2/h2-7H,1H3;1-2H3;2H2,1H3. The van der Waals surface area contributed by atoms with Gasteiger partial charge in [-0.1, -0.05) is 37.6 Å². The first-order valence-electron chi connectivity index (χ1n) is 5.24. The first kappa shape index (κ1) is 13.6.